The Kier molecular flexibility index (Phi) is 8.23. The number of carbonyl (C=O) groups is 2. The average Bonchev–Trinajstić information content (AvgIpc) is 3.17. The number of nitrogens with zero attached hydrogens (tertiary/aromatic N) is 1. The molecule has 1 aromatic carbocycles. The van der Waals surface area contributed by atoms with Crippen LogP contribution in [0.25, 0.3) is 0 Å². The highest BCUT2D eigenvalue weighted by molar-refractivity contribution is 5.92. The van der Waals surface area contributed by atoms with Gasteiger partial charge in [0.25, 0.3) is 0 Å². The molecule has 6 nitrogen and oxygen atoms in total. The van der Waals surface area contributed by atoms with E-state index < -0.39 is 5.60 Å². The molecule has 0 bridgehead atoms. The lowest BCUT2D eigenvalue weighted by Crippen LogP contribution is -2.50. The molecule has 0 spiro atoms. The zero-order valence-corrected chi connectivity index (χ0v) is 24.2. The maximum atomic E-state index is 13.2. The standard InChI is InChI=1S/C33H45NO5/c1-21-10-9-13-25(34(21)32(36)39-33(3,4)5)15-17-27-28-19-26(37-20-23-11-7-6-8-12-23)16-14-24(28)18-29-30(27)22(2)38-31(29)35/h6-8,11-12,15,17-18,21-22,24-28,30H,9-10,13-14,16,19-20H2,1-5H3/b17-15+/t21-,22-,24+,25-,26+,27+,28-,30+/m0/s1. The molecule has 0 radical (unpaired) electrons. The van der Waals surface area contributed by atoms with Crippen molar-refractivity contribution in [2.24, 2.45) is 23.7 Å². The van der Waals surface area contributed by atoms with Gasteiger partial charge in [0.1, 0.15) is 11.7 Å². The molecule has 1 saturated carbocycles. The van der Waals surface area contributed by atoms with E-state index in [-0.39, 0.29) is 48.2 Å². The molecule has 39 heavy (non-hydrogen) atoms. The molecule has 0 aromatic heterocycles. The van der Waals surface area contributed by atoms with E-state index in [0.717, 1.165) is 44.1 Å². The van der Waals surface area contributed by atoms with E-state index in [2.05, 4.69) is 49.4 Å². The number of hydrogen-bond donors (Lipinski definition) is 0. The number of benzene rings is 1. The van der Waals surface area contributed by atoms with Crippen LogP contribution < -0.4 is 0 Å². The number of allylic oxidation sites excluding steroid dienone is 2. The number of piperidine rings is 1. The maximum Gasteiger partial charge on any atom is 0.411 e. The second-order valence-corrected chi connectivity index (χ2v) is 13.0. The highest BCUT2D eigenvalue weighted by Crippen LogP contribution is 2.51. The van der Waals surface area contributed by atoms with Gasteiger partial charge < -0.3 is 14.2 Å². The van der Waals surface area contributed by atoms with Crippen LogP contribution in [-0.2, 0) is 25.6 Å². The molecule has 8 atom stereocenters. The van der Waals surface area contributed by atoms with Gasteiger partial charge in [0.15, 0.2) is 0 Å². The summed E-state index contributed by atoms with van der Waals surface area (Å²) in [5.41, 5.74) is 1.51. The second-order valence-electron chi connectivity index (χ2n) is 13.0. The molecule has 2 saturated heterocycles. The Labute approximate surface area is 233 Å². The number of cyclic esters (lactones) is 1. The van der Waals surface area contributed by atoms with Gasteiger partial charge in [-0.1, -0.05) is 48.6 Å². The Balaban J connectivity index is 1.37. The minimum atomic E-state index is -0.535. The monoisotopic (exact) mass is 535 g/mol. The number of amides is 1. The average molecular weight is 536 g/mol. The lowest BCUT2D eigenvalue weighted by atomic mass is 9.61. The van der Waals surface area contributed by atoms with Crippen molar-refractivity contribution in [1.29, 1.82) is 0 Å². The van der Waals surface area contributed by atoms with E-state index in [1.54, 1.807) is 0 Å². The molecular formula is C33H45NO5. The van der Waals surface area contributed by atoms with Crippen molar-refractivity contribution in [1.82, 2.24) is 4.90 Å². The topological polar surface area (TPSA) is 65.1 Å². The van der Waals surface area contributed by atoms with Crippen LogP contribution in [0.1, 0.15) is 78.7 Å². The van der Waals surface area contributed by atoms with E-state index >= 15 is 0 Å². The Morgan fingerprint density at radius 3 is 2.59 bits per heavy atom. The first-order valence-corrected chi connectivity index (χ1v) is 14.9. The minimum absolute atomic E-state index is 0.0153. The minimum Gasteiger partial charge on any atom is -0.459 e. The number of esters is 1. The van der Waals surface area contributed by atoms with Gasteiger partial charge in [-0.15, -0.1) is 0 Å². The second kappa shape index (κ2) is 11.5. The van der Waals surface area contributed by atoms with E-state index in [0.29, 0.717) is 18.4 Å². The van der Waals surface area contributed by atoms with Crippen LogP contribution in [0, 0.1) is 23.7 Å². The SMILES string of the molecule is C[C@@H]1OC(=O)C2=C[C@H]3CC[C@@H](OCc4ccccc4)C[C@@H]3[C@@H](/C=C/[C@@H]3CCC[C@H](C)N3C(=O)OC(C)(C)C)[C@H]21. The summed E-state index contributed by atoms with van der Waals surface area (Å²) in [5.74, 6) is 0.759. The van der Waals surface area contributed by atoms with E-state index in [4.69, 9.17) is 14.2 Å². The molecule has 0 unspecified atom stereocenters. The van der Waals surface area contributed by atoms with Crippen LogP contribution in [0.2, 0.25) is 0 Å². The normalized spacial score (nSPS) is 34.7. The molecule has 212 valence electrons. The van der Waals surface area contributed by atoms with Gasteiger partial charge in [0.2, 0.25) is 0 Å². The van der Waals surface area contributed by atoms with Crippen LogP contribution in [0.5, 0.6) is 0 Å². The van der Waals surface area contributed by atoms with Crippen molar-refractivity contribution in [2.75, 3.05) is 0 Å². The fraction of sp³-hybridized carbons (Fsp3) is 0.636. The van der Waals surface area contributed by atoms with Crippen LogP contribution in [0.3, 0.4) is 0 Å². The Morgan fingerprint density at radius 1 is 1.08 bits per heavy atom. The Bertz CT molecular complexity index is 1090. The van der Waals surface area contributed by atoms with Crippen molar-refractivity contribution in [3.8, 4) is 0 Å². The number of rotatable bonds is 5. The lowest BCUT2D eigenvalue weighted by Gasteiger charge is -2.44. The molecule has 2 heterocycles. The summed E-state index contributed by atoms with van der Waals surface area (Å²) in [5, 5.41) is 0. The zero-order chi connectivity index (χ0) is 27.7. The van der Waals surface area contributed by atoms with Gasteiger partial charge in [-0.05, 0) is 96.5 Å². The number of ether oxygens (including phenoxy) is 3. The summed E-state index contributed by atoms with van der Waals surface area (Å²) in [6, 6.07) is 10.5. The molecular weight excluding hydrogens is 490 g/mol. The number of likely N-dealkylation sites (tertiary alicyclic amines) is 1. The summed E-state index contributed by atoms with van der Waals surface area (Å²) in [6.07, 6.45) is 12.5. The quantitative estimate of drug-likeness (QED) is 0.305. The van der Waals surface area contributed by atoms with Gasteiger partial charge in [-0.3, -0.25) is 4.90 Å². The van der Waals surface area contributed by atoms with Gasteiger partial charge >= 0.3 is 12.1 Å². The summed E-state index contributed by atoms with van der Waals surface area (Å²) in [4.78, 5) is 27.9. The highest BCUT2D eigenvalue weighted by atomic mass is 16.6. The molecule has 0 N–H and O–H groups in total. The number of fused-ring (bicyclic) bond motifs is 2. The molecule has 1 aromatic rings. The van der Waals surface area contributed by atoms with Crippen LogP contribution in [-0.4, -0.2) is 46.9 Å². The number of hydrogen-bond acceptors (Lipinski definition) is 5. The Morgan fingerprint density at radius 2 is 1.85 bits per heavy atom. The molecule has 5 rings (SSSR count). The first-order chi connectivity index (χ1) is 18.6. The first-order valence-electron chi connectivity index (χ1n) is 14.9. The van der Waals surface area contributed by atoms with E-state index in [1.165, 1.54) is 5.56 Å². The predicted molar refractivity (Wildman–Crippen MR) is 151 cm³/mol. The first kappa shape index (κ1) is 27.9. The smallest absolute Gasteiger partial charge is 0.411 e. The van der Waals surface area contributed by atoms with Crippen LogP contribution in [0.4, 0.5) is 4.79 Å². The van der Waals surface area contributed by atoms with Crippen molar-refractivity contribution >= 4 is 12.1 Å². The fourth-order valence-electron chi connectivity index (χ4n) is 7.24. The Hall–Kier alpha value is -2.60. The van der Waals surface area contributed by atoms with Gasteiger partial charge in [0.05, 0.1) is 18.8 Å². The summed E-state index contributed by atoms with van der Waals surface area (Å²) >= 11 is 0. The maximum absolute atomic E-state index is 13.2. The van der Waals surface area contributed by atoms with E-state index in [9.17, 15) is 9.59 Å². The highest BCUT2D eigenvalue weighted by Gasteiger charge is 2.50. The summed E-state index contributed by atoms with van der Waals surface area (Å²) in [7, 11) is 0. The number of carbonyl (C=O) groups excluding carboxylic acids is 2. The lowest BCUT2D eigenvalue weighted by molar-refractivity contribution is -0.138. The summed E-state index contributed by atoms with van der Waals surface area (Å²) in [6.45, 7) is 10.5. The largest absolute Gasteiger partial charge is 0.459 e. The van der Waals surface area contributed by atoms with Crippen molar-refractivity contribution < 1.29 is 23.8 Å². The predicted octanol–water partition coefficient (Wildman–Crippen LogP) is 6.84. The van der Waals surface area contributed by atoms with Crippen molar-refractivity contribution in [2.45, 2.75) is 110 Å². The van der Waals surface area contributed by atoms with Crippen LogP contribution >= 0.6 is 0 Å². The van der Waals surface area contributed by atoms with Gasteiger partial charge in [-0.2, -0.15) is 0 Å². The molecule has 1 amide bonds. The van der Waals surface area contributed by atoms with Crippen molar-refractivity contribution in [3.05, 3.63) is 59.7 Å². The van der Waals surface area contributed by atoms with Gasteiger partial charge in [0, 0.05) is 17.5 Å². The third-order valence-electron chi connectivity index (χ3n) is 9.05. The van der Waals surface area contributed by atoms with E-state index in [1.807, 2.05) is 38.7 Å². The molecule has 2 aliphatic heterocycles. The molecule has 4 aliphatic rings. The van der Waals surface area contributed by atoms with Crippen LogP contribution in [0.15, 0.2) is 54.1 Å². The molecule has 3 fully saturated rings. The zero-order valence-electron chi connectivity index (χ0n) is 24.2. The van der Waals surface area contributed by atoms with Crippen molar-refractivity contribution in [3.63, 3.8) is 0 Å². The fourth-order valence-corrected chi connectivity index (χ4v) is 7.24. The third kappa shape index (κ3) is 6.26. The molecule has 6 heteroatoms. The molecule has 2 aliphatic carbocycles. The summed E-state index contributed by atoms with van der Waals surface area (Å²) < 4.78 is 18.0. The van der Waals surface area contributed by atoms with Gasteiger partial charge in [-0.25, -0.2) is 9.59 Å². The third-order valence-corrected chi connectivity index (χ3v) is 9.05.